The summed E-state index contributed by atoms with van der Waals surface area (Å²) in [5.74, 6) is 1.42. The second-order valence-corrected chi connectivity index (χ2v) is 11.0. The van der Waals surface area contributed by atoms with Crippen molar-refractivity contribution >= 4 is 71.1 Å². The topological polar surface area (TPSA) is 110 Å². The molecule has 5 heterocycles. The van der Waals surface area contributed by atoms with Crippen LogP contribution in [0, 0.1) is 0 Å². The van der Waals surface area contributed by atoms with E-state index in [1.807, 2.05) is 97.1 Å². The number of rotatable bonds is 8. The van der Waals surface area contributed by atoms with Gasteiger partial charge in [-0.15, -0.1) is 0 Å². The van der Waals surface area contributed by atoms with Gasteiger partial charge >= 0.3 is 0 Å². The van der Waals surface area contributed by atoms with E-state index in [-0.39, 0.29) is 0 Å². The summed E-state index contributed by atoms with van der Waals surface area (Å²) in [6.07, 6.45) is 15.8. The summed E-state index contributed by atoms with van der Waals surface area (Å²) < 4.78 is 11.1. The minimum atomic E-state index is 0.682. The molecule has 3 aromatic heterocycles. The van der Waals surface area contributed by atoms with Gasteiger partial charge in [-0.05, 0) is 108 Å². The highest BCUT2D eigenvalue weighted by Gasteiger charge is 2.18. The van der Waals surface area contributed by atoms with Gasteiger partial charge in [-0.2, -0.15) is 0 Å². The Labute approximate surface area is 276 Å². The predicted octanol–water partition coefficient (Wildman–Crippen LogP) is 8.43. The monoisotopic (exact) mass is 630 g/mol. The Balaban J connectivity index is 1.67. The van der Waals surface area contributed by atoms with Crippen LogP contribution in [-0.2, 0) is 9.59 Å². The first-order chi connectivity index (χ1) is 23.6. The first kappa shape index (κ1) is 30.1. The summed E-state index contributed by atoms with van der Waals surface area (Å²) in [6, 6.07) is 23.6. The summed E-state index contributed by atoms with van der Waals surface area (Å²) in [5, 5.41) is 0. The van der Waals surface area contributed by atoms with Crippen molar-refractivity contribution in [3.63, 3.8) is 0 Å². The van der Waals surface area contributed by atoms with Gasteiger partial charge in [0.15, 0.2) is 0 Å². The van der Waals surface area contributed by atoms with E-state index in [4.69, 9.17) is 19.4 Å². The van der Waals surface area contributed by atoms with Gasteiger partial charge < -0.3 is 19.4 Å². The van der Waals surface area contributed by atoms with Gasteiger partial charge in [0.2, 0.25) is 0 Å². The lowest BCUT2D eigenvalue weighted by atomic mass is 10.0. The van der Waals surface area contributed by atoms with E-state index in [1.54, 1.807) is 26.4 Å². The fraction of sp³-hybridized carbons (Fsp3) is 0.0500. The molecule has 2 aromatic carbocycles. The smallest absolute Gasteiger partial charge is 0.142 e. The summed E-state index contributed by atoms with van der Waals surface area (Å²) in [6.45, 7) is 0. The molecule has 0 aliphatic carbocycles. The van der Waals surface area contributed by atoms with Crippen LogP contribution in [0.1, 0.15) is 33.9 Å². The third kappa shape index (κ3) is 5.67. The molecule has 0 spiro atoms. The molecule has 0 saturated carbocycles. The van der Waals surface area contributed by atoms with Crippen molar-refractivity contribution in [2.45, 2.75) is 0 Å². The number of ether oxygens (including phenoxy) is 2. The second kappa shape index (κ2) is 13.1. The maximum atomic E-state index is 11.5. The number of hydrogen-bond donors (Lipinski definition) is 2. The van der Waals surface area contributed by atoms with Crippen LogP contribution in [0.2, 0.25) is 0 Å². The Morgan fingerprint density at radius 3 is 1.44 bits per heavy atom. The van der Waals surface area contributed by atoms with Crippen LogP contribution in [0.25, 0.3) is 80.8 Å². The SMILES string of the molecule is COc1cccc(-c2c3nc(c(/C=C/C=O)c4ccc([nH]4)c(-c4cccc(OC)c4)c4ccc([nH]4)c(/C=C/C=O)c4nc2C=C4)C=C3)c1. The number of aldehydes is 2. The zero-order valence-electron chi connectivity index (χ0n) is 26.2. The largest absolute Gasteiger partial charge is 0.497 e. The summed E-state index contributed by atoms with van der Waals surface area (Å²) in [7, 11) is 3.27. The van der Waals surface area contributed by atoms with Crippen LogP contribution >= 0.6 is 0 Å². The Hall–Kier alpha value is -6.54. The number of carbonyl (C=O) groups excluding carboxylic acids is 2. The van der Waals surface area contributed by atoms with Gasteiger partial charge in [-0.1, -0.05) is 24.3 Å². The molecule has 8 heteroatoms. The first-order valence-corrected chi connectivity index (χ1v) is 15.3. The van der Waals surface area contributed by atoms with Crippen molar-refractivity contribution in [1.29, 1.82) is 0 Å². The molecule has 48 heavy (non-hydrogen) atoms. The molecule has 0 unspecified atom stereocenters. The van der Waals surface area contributed by atoms with Gasteiger partial charge in [0.1, 0.15) is 24.1 Å². The van der Waals surface area contributed by atoms with E-state index in [0.29, 0.717) is 28.5 Å². The maximum Gasteiger partial charge on any atom is 0.142 e. The van der Waals surface area contributed by atoms with Crippen molar-refractivity contribution < 1.29 is 19.1 Å². The number of carbonyl (C=O) groups is 2. The van der Waals surface area contributed by atoms with Crippen LogP contribution in [0.4, 0.5) is 0 Å². The number of fused-ring (bicyclic) bond motifs is 8. The number of H-pyrrole nitrogens is 2. The van der Waals surface area contributed by atoms with Gasteiger partial charge in [-0.3, -0.25) is 9.59 Å². The lowest BCUT2D eigenvalue weighted by molar-refractivity contribution is -0.104. The van der Waals surface area contributed by atoms with E-state index in [9.17, 15) is 9.59 Å². The minimum Gasteiger partial charge on any atom is -0.497 e. The summed E-state index contributed by atoms with van der Waals surface area (Å²) >= 11 is 0. The van der Waals surface area contributed by atoms with Crippen molar-refractivity contribution in [2.75, 3.05) is 14.2 Å². The molecular weight excluding hydrogens is 600 g/mol. The minimum absolute atomic E-state index is 0.682. The number of aromatic amines is 2. The standard InChI is InChI=1S/C40H30N4O4/c1-47-27-9-3-7-25(23-27)39-35-17-13-31(41-35)29(11-5-21-45)33-15-19-37(43-33)40(26-8-4-10-28(24-26)48-2)38-20-16-34(44-38)30(12-6-22-46)32-14-18-36(39)42-32/h3-24,41-42H,1-2H3/b11-5+,12-6+,31-29?,32-30?,33-29?,34-30?,39-35?,39-36?,40-37?,40-38?. The fourth-order valence-corrected chi connectivity index (χ4v) is 6.04. The number of benzene rings is 2. The van der Waals surface area contributed by atoms with Gasteiger partial charge in [-0.25, -0.2) is 9.97 Å². The van der Waals surface area contributed by atoms with E-state index in [1.165, 1.54) is 12.2 Å². The number of aromatic nitrogens is 4. The molecule has 8 bridgehead atoms. The number of allylic oxidation sites excluding steroid dienone is 2. The Kier molecular flexibility index (Phi) is 8.20. The van der Waals surface area contributed by atoms with Gasteiger partial charge in [0.25, 0.3) is 0 Å². The molecule has 0 atom stereocenters. The first-order valence-electron chi connectivity index (χ1n) is 15.3. The Morgan fingerprint density at radius 2 is 0.979 bits per heavy atom. The lowest BCUT2D eigenvalue weighted by Gasteiger charge is -2.07. The predicted molar refractivity (Wildman–Crippen MR) is 193 cm³/mol. The van der Waals surface area contributed by atoms with E-state index < -0.39 is 0 Å². The number of nitrogens with zero attached hydrogens (tertiary/aromatic N) is 2. The van der Waals surface area contributed by atoms with Crippen molar-refractivity contribution in [3.05, 3.63) is 119 Å². The van der Waals surface area contributed by atoms with Crippen LogP contribution in [-0.4, -0.2) is 46.7 Å². The van der Waals surface area contributed by atoms with Gasteiger partial charge in [0.05, 0.1) is 37.0 Å². The highest BCUT2D eigenvalue weighted by atomic mass is 16.5. The van der Waals surface area contributed by atoms with Gasteiger partial charge in [0, 0.05) is 44.3 Å². The van der Waals surface area contributed by atoms with Crippen molar-refractivity contribution in [3.8, 4) is 33.8 Å². The highest BCUT2D eigenvalue weighted by molar-refractivity contribution is 5.98. The van der Waals surface area contributed by atoms with E-state index in [2.05, 4.69) is 9.97 Å². The average Bonchev–Trinajstić information content (AvgIpc) is 3.95. The normalized spacial score (nSPS) is 12.2. The number of methoxy groups -OCH3 is 2. The second-order valence-electron chi connectivity index (χ2n) is 11.0. The number of hydrogen-bond acceptors (Lipinski definition) is 6. The molecule has 8 nitrogen and oxygen atoms in total. The lowest BCUT2D eigenvalue weighted by Crippen LogP contribution is -1.91. The molecule has 2 N–H and O–H groups in total. The van der Waals surface area contributed by atoms with E-state index >= 15 is 0 Å². The Bertz CT molecular complexity index is 2260. The molecular formula is C40H30N4O4. The van der Waals surface area contributed by atoms with Crippen LogP contribution < -0.4 is 9.47 Å². The molecule has 7 rings (SSSR count). The molecule has 2 aliphatic heterocycles. The third-order valence-electron chi connectivity index (χ3n) is 8.23. The summed E-state index contributed by atoms with van der Waals surface area (Å²) in [4.78, 5) is 40.4. The Morgan fingerprint density at radius 1 is 0.542 bits per heavy atom. The molecule has 5 aromatic rings. The zero-order valence-corrected chi connectivity index (χ0v) is 26.2. The molecule has 0 amide bonds. The number of nitrogens with one attached hydrogen (secondary N) is 2. The van der Waals surface area contributed by atoms with Crippen LogP contribution in [0.15, 0.2) is 84.9 Å². The zero-order chi connectivity index (χ0) is 33.0. The molecule has 2 aliphatic rings. The molecule has 0 radical (unpaired) electrons. The van der Waals surface area contributed by atoms with E-state index in [0.717, 1.165) is 73.8 Å². The maximum absolute atomic E-state index is 11.5. The fourth-order valence-electron chi connectivity index (χ4n) is 6.04. The molecule has 0 fully saturated rings. The van der Waals surface area contributed by atoms with Crippen molar-refractivity contribution in [1.82, 2.24) is 19.9 Å². The summed E-state index contributed by atoms with van der Waals surface area (Å²) in [5.41, 5.74) is 11.0. The molecule has 0 saturated heterocycles. The van der Waals surface area contributed by atoms with Crippen LogP contribution in [0.3, 0.4) is 0 Å². The average molecular weight is 631 g/mol. The van der Waals surface area contributed by atoms with Crippen molar-refractivity contribution in [2.24, 2.45) is 0 Å². The third-order valence-corrected chi connectivity index (χ3v) is 8.23. The molecule has 234 valence electrons. The van der Waals surface area contributed by atoms with Crippen LogP contribution in [0.5, 0.6) is 11.5 Å². The highest BCUT2D eigenvalue weighted by Crippen LogP contribution is 2.36. The quantitative estimate of drug-likeness (QED) is 0.129.